The van der Waals surface area contributed by atoms with Gasteiger partial charge in [0, 0.05) is 32.6 Å². The maximum Gasteiger partial charge on any atom is 0.317 e. The van der Waals surface area contributed by atoms with Gasteiger partial charge < -0.3 is 15.1 Å². The van der Waals surface area contributed by atoms with E-state index in [1.54, 1.807) is 0 Å². The third kappa shape index (κ3) is 4.84. The van der Waals surface area contributed by atoms with Gasteiger partial charge in [-0.25, -0.2) is 4.79 Å². The number of hydrogen-bond donors (Lipinski definition) is 1. The smallest absolute Gasteiger partial charge is 0.317 e. The summed E-state index contributed by atoms with van der Waals surface area (Å²) in [6, 6.07) is 18.7. The molecule has 5 nitrogen and oxygen atoms in total. The van der Waals surface area contributed by atoms with Crippen molar-refractivity contribution >= 4 is 11.9 Å². The van der Waals surface area contributed by atoms with E-state index in [2.05, 4.69) is 48.6 Å². The van der Waals surface area contributed by atoms with Crippen LogP contribution in [0, 0.1) is 12.8 Å². The monoisotopic (exact) mass is 405 g/mol. The third-order valence-corrected chi connectivity index (χ3v) is 6.39. The number of fused-ring (bicyclic) bond motifs is 1. The quantitative estimate of drug-likeness (QED) is 0.824. The zero-order valence-corrected chi connectivity index (χ0v) is 17.7. The first-order chi connectivity index (χ1) is 14.6. The molecule has 0 spiro atoms. The van der Waals surface area contributed by atoms with E-state index in [1.165, 1.54) is 11.1 Å². The van der Waals surface area contributed by atoms with Crippen LogP contribution in [0.3, 0.4) is 0 Å². The number of nitrogens with zero attached hydrogens (tertiary/aromatic N) is 2. The summed E-state index contributed by atoms with van der Waals surface area (Å²) in [4.78, 5) is 29.5. The molecule has 2 atom stereocenters. The molecule has 30 heavy (non-hydrogen) atoms. The fraction of sp³-hybridized carbons (Fsp3) is 0.440. The highest BCUT2D eigenvalue weighted by Gasteiger charge is 2.41. The van der Waals surface area contributed by atoms with Crippen LogP contribution in [-0.4, -0.2) is 47.4 Å². The molecule has 4 rings (SSSR count). The second-order valence-electron chi connectivity index (χ2n) is 8.60. The first kappa shape index (κ1) is 20.5. The van der Waals surface area contributed by atoms with E-state index >= 15 is 0 Å². The summed E-state index contributed by atoms with van der Waals surface area (Å²) >= 11 is 0. The third-order valence-electron chi connectivity index (χ3n) is 6.39. The summed E-state index contributed by atoms with van der Waals surface area (Å²) in [6.45, 7) is 4.69. The normalized spacial score (nSPS) is 21.3. The average molecular weight is 406 g/mol. The van der Waals surface area contributed by atoms with Crippen molar-refractivity contribution in [3.05, 3.63) is 71.3 Å². The standard InChI is InChI=1S/C25H31N3O2/c1-19-10-12-21(13-11-19)16-28-23-18-27(17-22(23)8-5-9-24(28)29)25(30)26-15-14-20-6-3-2-4-7-20/h2-4,6-7,10-13,22-23H,5,8-9,14-18H2,1H3,(H,26,30)/t22-,23+/m1/s1. The van der Waals surface area contributed by atoms with Crippen LogP contribution in [0.25, 0.3) is 0 Å². The van der Waals surface area contributed by atoms with E-state index in [9.17, 15) is 9.59 Å². The molecule has 2 aromatic carbocycles. The summed E-state index contributed by atoms with van der Waals surface area (Å²) in [5, 5.41) is 3.06. The number of benzene rings is 2. The average Bonchev–Trinajstić information content (AvgIpc) is 3.12. The lowest BCUT2D eigenvalue weighted by atomic mass is 9.98. The van der Waals surface area contributed by atoms with Gasteiger partial charge in [0.1, 0.15) is 0 Å². The minimum atomic E-state index is -0.0123. The number of amides is 3. The van der Waals surface area contributed by atoms with Crippen molar-refractivity contribution in [3.63, 3.8) is 0 Å². The molecule has 2 aliphatic heterocycles. The van der Waals surface area contributed by atoms with Crippen LogP contribution < -0.4 is 5.32 Å². The van der Waals surface area contributed by atoms with Crippen molar-refractivity contribution < 1.29 is 9.59 Å². The number of carbonyl (C=O) groups is 2. The van der Waals surface area contributed by atoms with Crippen LogP contribution in [0.2, 0.25) is 0 Å². The van der Waals surface area contributed by atoms with E-state index in [1.807, 2.05) is 28.0 Å². The van der Waals surface area contributed by atoms with Crippen molar-refractivity contribution in [1.29, 1.82) is 0 Å². The summed E-state index contributed by atoms with van der Waals surface area (Å²) in [7, 11) is 0. The highest BCUT2D eigenvalue weighted by molar-refractivity contribution is 5.78. The summed E-state index contributed by atoms with van der Waals surface area (Å²) in [5.74, 6) is 0.580. The molecule has 1 N–H and O–H groups in total. The topological polar surface area (TPSA) is 52.7 Å². The molecule has 0 unspecified atom stereocenters. The molecule has 0 saturated carbocycles. The van der Waals surface area contributed by atoms with Crippen LogP contribution >= 0.6 is 0 Å². The van der Waals surface area contributed by atoms with Crippen LogP contribution in [0.5, 0.6) is 0 Å². The Kier molecular flexibility index (Phi) is 6.36. The van der Waals surface area contributed by atoms with E-state index in [-0.39, 0.29) is 18.0 Å². The van der Waals surface area contributed by atoms with Crippen LogP contribution in [0.15, 0.2) is 54.6 Å². The lowest BCUT2D eigenvalue weighted by Gasteiger charge is -2.30. The Morgan fingerprint density at radius 3 is 2.57 bits per heavy atom. The van der Waals surface area contributed by atoms with Gasteiger partial charge in [0.25, 0.3) is 0 Å². The SMILES string of the molecule is Cc1ccc(CN2C(=O)CCC[C@@H]3CN(C(=O)NCCc4ccccc4)C[C@@H]32)cc1. The molecule has 0 aromatic heterocycles. The Bertz CT molecular complexity index is 866. The van der Waals surface area contributed by atoms with Gasteiger partial charge in [-0.2, -0.15) is 0 Å². The van der Waals surface area contributed by atoms with E-state index in [0.29, 0.717) is 32.0 Å². The molecule has 3 amide bonds. The summed E-state index contributed by atoms with van der Waals surface area (Å²) in [6.07, 6.45) is 3.36. The first-order valence-corrected chi connectivity index (χ1v) is 11.0. The van der Waals surface area contributed by atoms with Crippen molar-refractivity contribution in [3.8, 4) is 0 Å². The predicted octanol–water partition coefficient (Wildman–Crippen LogP) is 3.76. The first-order valence-electron chi connectivity index (χ1n) is 11.0. The zero-order chi connectivity index (χ0) is 20.9. The molecule has 2 heterocycles. The molecule has 0 radical (unpaired) electrons. The summed E-state index contributed by atoms with van der Waals surface area (Å²) < 4.78 is 0. The molecule has 0 bridgehead atoms. The lowest BCUT2D eigenvalue weighted by Crippen LogP contribution is -2.44. The maximum atomic E-state index is 12.8. The molecule has 2 fully saturated rings. The number of carbonyl (C=O) groups excluding carboxylic acids is 2. The number of nitrogens with one attached hydrogen (secondary N) is 1. The Morgan fingerprint density at radius 2 is 1.80 bits per heavy atom. The number of hydrogen-bond acceptors (Lipinski definition) is 2. The van der Waals surface area contributed by atoms with Gasteiger partial charge in [0.2, 0.25) is 5.91 Å². The van der Waals surface area contributed by atoms with Gasteiger partial charge in [-0.05, 0) is 43.2 Å². The van der Waals surface area contributed by atoms with Crippen molar-refractivity contribution in [1.82, 2.24) is 15.1 Å². The molecular weight excluding hydrogens is 374 g/mol. The van der Waals surface area contributed by atoms with Gasteiger partial charge >= 0.3 is 6.03 Å². The fourth-order valence-corrected chi connectivity index (χ4v) is 4.67. The molecule has 2 aromatic rings. The van der Waals surface area contributed by atoms with Crippen molar-refractivity contribution in [2.24, 2.45) is 5.92 Å². The molecular formula is C25H31N3O2. The van der Waals surface area contributed by atoms with Gasteiger partial charge in [-0.1, -0.05) is 60.2 Å². The molecule has 0 aliphatic carbocycles. The molecule has 2 saturated heterocycles. The minimum Gasteiger partial charge on any atom is -0.338 e. The predicted molar refractivity (Wildman–Crippen MR) is 118 cm³/mol. The van der Waals surface area contributed by atoms with Crippen LogP contribution in [0.1, 0.15) is 36.0 Å². The number of likely N-dealkylation sites (tertiary alicyclic amines) is 2. The second-order valence-corrected chi connectivity index (χ2v) is 8.60. The van der Waals surface area contributed by atoms with E-state index in [0.717, 1.165) is 31.4 Å². The zero-order valence-electron chi connectivity index (χ0n) is 17.7. The van der Waals surface area contributed by atoms with Gasteiger partial charge in [0.15, 0.2) is 0 Å². The van der Waals surface area contributed by atoms with Crippen LogP contribution in [0.4, 0.5) is 4.79 Å². The van der Waals surface area contributed by atoms with E-state index < -0.39 is 0 Å². The van der Waals surface area contributed by atoms with Crippen LogP contribution in [-0.2, 0) is 17.8 Å². The highest BCUT2D eigenvalue weighted by Crippen LogP contribution is 2.31. The Balaban J connectivity index is 1.37. The number of urea groups is 1. The van der Waals surface area contributed by atoms with E-state index in [4.69, 9.17) is 0 Å². The Hall–Kier alpha value is -2.82. The summed E-state index contributed by atoms with van der Waals surface area (Å²) in [5.41, 5.74) is 3.60. The Morgan fingerprint density at radius 1 is 1.03 bits per heavy atom. The van der Waals surface area contributed by atoms with Crippen molar-refractivity contribution in [2.45, 2.75) is 45.2 Å². The molecule has 5 heteroatoms. The number of aryl methyl sites for hydroxylation is 1. The molecule has 2 aliphatic rings. The minimum absolute atomic E-state index is 0.0123. The largest absolute Gasteiger partial charge is 0.338 e. The Labute approximate surface area is 179 Å². The highest BCUT2D eigenvalue weighted by atomic mass is 16.2. The fourth-order valence-electron chi connectivity index (χ4n) is 4.67. The van der Waals surface area contributed by atoms with Gasteiger partial charge in [-0.3, -0.25) is 4.79 Å². The lowest BCUT2D eigenvalue weighted by molar-refractivity contribution is -0.133. The number of rotatable bonds is 5. The second kappa shape index (κ2) is 9.33. The van der Waals surface area contributed by atoms with Crippen molar-refractivity contribution in [2.75, 3.05) is 19.6 Å². The van der Waals surface area contributed by atoms with Gasteiger partial charge in [0.05, 0.1) is 6.04 Å². The molecule has 158 valence electrons. The maximum absolute atomic E-state index is 12.8. The van der Waals surface area contributed by atoms with Gasteiger partial charge in [-0.15, -0.1) is 0 Å².